The van der Waals surface area contributed by atoms with Crippen LogP contribution in [-0.2, 0) is 38.1 Å². The Morgan fingerprint density at radius 1 is 0.897 bits per heavy atom. The van der Waals surface area contributed by atoms with E-state index in [4.69, 9.17) is 4.74 Å². The van der Waals surface area contributed by atoms with Gasteiger partial charge in [0, 0.05) is 0 Å². The molecule has 1 N–H and O–H groups in total. The maximum Gasteiger partial charge on any atom is 0.399 e. The minimum Gasteiger partial charge on any atom is -0.462 e. The quantitative estimate of drug-likeness (QED) is 0.272. The highest BCUT2D eigenvalue weighted by molar-refractivity contribution is 5.85. The predicted octanol–water partition coefficient (Wildman–Crippen LogP) is 3.59. The van der Waals surface area contributed by atoms with E-state index in [1.807, 2.05) is 0 Å². The lowest BCUT2D eigenvalue weighted by Gasteiger charge is -2.30. The Hall–Kier alpha value is -2.65. The van der Waals surface area contributed by atoms with Crippen molar-refractivity contribution in [2.75, 3.05) is 13.2 Å². The first kappa shape index (κ1) is 34.4. The molecule has 0 spiro atoms. The number of esters is 4. The molecule has 39 heavy (non-hydrogen) atoms. The molecule has 0 aromatic rings. The molecule has 6 unspecified atom stereocenters. The van der Waals surface area contributed by atoms with Crippen LogP contribution in [0.5, 0.6) is 0 Å². The van der Waals surface area contributed by atoms with Crippen LogP contribution in [-0.4, -0.2) is 78.0 Å². The van der Waals surface area contributed by atoms with Gasteiger partial charge in [-0.3, -0.25) is 4.79 Å². The highest BCUT2D eigenvalue weighted by atomic mass is 19.4. The van der Waals surface area contributed by atoms with E-state index in [-0.39, 0.29) is 12.8 Å². The van der Waals surface area contributed by atoms with Crippen LogP contribution in [0.3, 0.4) is 0 Å². The molecule has 2 rings (SSSR count). The summed E-state index contributed by atoms with van der Waals surface area (Å²) in [6.45, 7) is 5.84. The van der Waals surface area contributed by atoms with Crippen molar-refractivity contribution in [3.05, 3.63) is 0 Å². The van der Waals surface area contributed by atoms with Crippen LogP contribution in [0.4, 0.5) is 30.7 Å². The number of halogens is 7. The van der Waals surface area contributed by atoms with Gasteiger partial charge in [0.1, 0.15) is 24.0 Å². The largest absolute Gasteiger partial charge is 0.462 e. The zero-order valence-corrected chi connectivity index (χ0v) is 22.0. The van der Waals surface area contributed by atoms with Crippen molar-refractivity contribution >= 4 is 23.9 Å². The number of hydrogen-bond donors (Lipinski definition) is 1. The standard InChI is InChI=1S/C13H19F3O5.C10H12F4O4/c1-5-12(4,6-17)10(19)20-7-8(13(14,15)16)11(2,3)21-9(7)18;1-3-9(2,11)8(16)18-6-5(10(12,13)14)4-17-7(6)15/h7-8,17H,5-6H2,1-4H3;5-6H,3-4H2,1-2H3. The number of rotatable bonds is 7. The summed E-state index contributed by atoms with van der Waals surface area (Å²) < 4.78 is 108. The minimum absolute atomic E-state index is 0.157. The van der Waals surface area contributed by atoms with Gasteiger partial charge in [0.05, 0.1) is 12.0 Å². The summed E-state index contributed by atoms with van der Waals surface area (Å²) in [6, 6.07) is 0. The van der Waals surface area contributed by atoms with Gasteiger partial charge in [-0.05, 0) is 40.5 Å². The summed E-state index contributed by atoms with van der Waals surface area (Å²) in [6.07, 6.45) is -13.8. The molecule has 0 saturated carbocycles. The van der Waals surface area contributed by atoms with Gasteiger partial charge in [0.25, 0.3) is 0 Å². The smallest absolute Gasteiger partial charge is 0.399 e. The van der Waals surface area contributed by atoms with Gasteiger partial charge < -0.3 is 24.1 Å². The molecule has 0 radical (unpaired) electrons. The third kappa shape index (κ3) is 7.94. The summed E-state index contributed by atoms with van der Waals surface area (Å²) in [7, 11) is 0. The number of ether oxygens (including phenoxy) is 4. The van der Waals surface area contributed by atoms with Gasteiger partial charge in [0.2, 0.25) is 17.9 Å². The normalized spacial score (nSPS) is 27.7. The zero-order valence-electron chi connectivity index (χ0n) is 22.0. The number of cyclic esters (lactones) is 2. The summed E-state index contributed by atoms with van der Waals surface area (Å²) in [5, 5.41) is 9.18. The number of aliphatic hydroxyl groups is 1. The molecule has 0 bridgehead atoms. The first-order chi connectivity index (χ1) is 17.5. The van der Waals surface area contributed by atoms with Crippen LogP contribution in [0.25, 0.3) is 0 Å². The lowest BCUT2D eigenvalue weighted by molar-refractivity contribution is -0.222. The Morgan fingerprint density at radius 3 is 1.82 bits per heavy atom. The number of carbonyl (C=O) groups excluding carboxylic acids is 4. The maximum atomic E-state index is 13.5. The molecular weight excluding hydrogens is 553 g/mol. The second kappa shape index (κ2) is 11.8. The first-order valence-corrected chi connectivity index (χ1v) is 11.7. The Bertz CT molecular complexity index is 924. The van der Waals surface area contributed by atoms with Gasteiger partial charge in [0.15, 0.2) is 0 Å². The highest BCUT2D eigenvalue weighted by Crippen LogP contribution is 2.45. The predicted molar refractivity (Wildman–Crippen MR) is 115 cm³/mol. The Kier molecular flexibility index (Phi) is 10.4. The zero-order chi connectivity index (χ0) is 30.8. The van der Waals surface area contributed by atoms with Crippen molar-refractivity contribution in [2.45, 2.75) is 90.2 Å². The molecule has 2 fully saturated rings. The molecule has 6 atom stereocenters. The van der Waals surface area contributed by atoms with E-state index in [1.54, 1.807) is 6.92 Å². The van der Waals surface area contributed by atoms with Gasteiger partial charge >= 0.3 is 36.2 Å². The molecule has 2 aliphatic rings. The number of aliphatic hydroxyl groups excluding tert-OH is 1. The van der Waals surface area contributed by atoms with Crippen LogP contribution < -0.4 is 0 Å². The van der Waals surface area contributed by atoms with Gasteiger partial charge in [-0.15, -0.1) is 0 Å². The number of alkyl halides is 7. The molecule has 0 aliphatic carbocycles. The Morgan fingerprint density at radius 2 is 1.41 bits per heavy atom. The highest BCUT2D eigenvalue weighted by Gasteiger charge is 2.64. The topological polar surface area (TPSA) is 125 Å². The van der Waals surface area contributed by atoms with Crippen LogP contribution in [0.2, 0.25) is 0 Å². The molecule has 0 aromatic carbocycles. The molecule has 0 aromatic heterocycles. The van der Waals surface area contributed by atoms with Crippen molar-refractivity contribution in [1.82, 2.24) is 0 Å². The van der Waals surface area contributed by atoms with Crippen LogP contribution in [0, 0.1) is 17.3 Å². The van der Waals surface area contributed by atoms with E-state index in [2.05, 4.69) is 14.2 Å². The summed E-state index contributed by atoms with van der Waals surface area (Å²) in [5.41, 5.74) is -5.61. The molecule has 226 valence electrons. The van der Waals surface area contributed by atoms with Crippen LogP contribution in [0.1, 0.15) is 54.4 Å². The lowest BCUT2D eigenvalue weighted by atomic mass is 9.86. The average Bonchev–Trinajstić information content (AvgIpc) is 3.28. The van der Waals surface area contributed by atoms with Crippen molar-refractivity contribution in [3.8, 4) is 0 Å². The summed E-state index contributed by atoms with van der Waals surface area (Å²) >= 11 is 0. The van der Waals surface area contributed by atoms with Crippen LogP contribution in [0.15, 0.2) is 0 Å². The van der Waals surface area contributed by atoms with E-state index >= 15 is 0 Å². The van der Waals surface area contributed by atoms with E-state index < -0.39 is 90.2 Å². The second-order valence-electron chi connectivity index (χ2n) is 10.1. The fourth-order valence-corrected chi connectivity index (χ4v) is 3.43. The van der Waals surface area contributed by atoms with Gasteiger partial charge in [-0.25, -0.2) is 18.8 Å². The number of hydrogen-bond acceptors (Lipinski definition) is 9. The fraction of sp³-hybridized carbons (Fsp3) is 0.826. The van der Waals surface area contributed by atoms with Gasteiger partial charge in [-0.1, -0.05) is 13.8 Å². The maximum absolute atomic E-state index is 13.5. The van der Waals surface area contributed by atoms with Gasteiger partial charge in [-0.2, -0.15) is 26.3 Å². The fourth-order valence-electron chi connectivity index (χ4n) is 3.43. The molecule has 2 heterocycles. The SMILES string of the molecule is CCC(C)(CO)C(=O)OC1C(=O)OC(C)(C)C1C(F)(F)F.CCC(C)(F)C(=O)OC1C(=O)OCC1C(F)(F)F. The van der Waals surface area contributed by atoms with Crippen molar-refractivity contribution in [3.63, 3.8) is 0 Å². The molecule has 16 heteroatoms. The first-order valence-electron chi connectivity index (χ1n) is 11.7. The monoisotopic (exact) mass is 584 g/mol. The van der Waals surface area contributed by atoms with Crippen molar-refractivity contribution in [1.29, 1.82) is 0 Å². The lowest BCUT2D eigenvalue weighted by Crippen LogP contribution is -2.47. The van der Waals surface area contributed by atoms with E-state index in [0.29, 0.717) is 0 Å². The van der Waals surface area contributed by atoms with E-state index in [1.165, 1.54) is 13.8 Å². The molecule has 9 nitrogen and oxygen atoms in total. The van der Waals surface area contributed by atoms with E-state index in [0.717, 1.165) is 20.8 Å². The van der Waals surface area contributed by atoms with Crippen LogP contribution >= 0.6 is 0 Å². The molecule has 2 aliphatic heterocycles. The average molecular weight is 584 g/mol. The van der Waals surface area contributed by atoms with Crippen molar-refractivity contribution in [2.24, 2.45) is 17.3 Å². The Labute approximate surface area is 219 Å². The third-order valence-electron chi connectivity index (χ3n) is 6.60. The minimum atomic E-state index is -4.76. The summed E-state index contributed by atoms with van der Waals surface area (Å²) in [5.74, 6) is -9.59. The Balaban J connectivity index is 0.000000395. The molecule has 2 saturated heterocycles. The summed E-state index contributed by atoms with van der Waals surface area (Å²) in [4.78, 5) is 45.9. The second-order valence-corrected chi connectivity index (χ2v) is 10.1. The number of carbonyl (C=O) groups is 4. The van der Waals surface area contributed by atoms with Crippen molar-refractivity contribution < 1.29 is 74.0 Å². The molecular formula is C23H31F7O9. The molecule has 0 amide bonds. The van der Waals surface area contributed by atoms with E-state index in [9.17, 15) is 55.0 Å². The third-order valence-corrected chi connectivity index (χ3v) is 6.60.